The van der Waals surface area contributed by atoms with Gasteiger partial charge >= 0.3 is 0 Å². The van der Waals surface area contributed by atoms with Gasteiger partial charge in [0.05, 0.1) is 7.11 Å². The molecule has 1 saturated heterocycles. The Labute approximate surface area is 114 Å². The minimum Gasteiger partial charge on any atom is -0.493 e. The highest BCUT2D eigenvalue weighted by molar-refractivity contribution is 6.18. The fourth-order valence-electron chi connectivity index (χ4n) is 2.30. The van der Waals surface area contributed by atoms with Crippen molar-refractivity contribution in [3.63, 3.8) is 0 Å². The Balaban J connectivity index is 2.05. The maximum Gasteiger partial charge on any atom is 0.171 e. The van der Waals surface area contributed by atoms with Crippen LogP contribution in [0.1, 0.15) is 6.42 Å². The second kappa shape index (κ2) is 6.81. The molecule has 0 bridgehead atoms. The summed E-state index contributed by atoms with van der Waals surface area (Å²) in [4.78, 5) is 9.15. The molecule has 0 saturated carbocycles. The molecule has 0 atom stereocenters. The number of halogens is 1. The van der Waals surface area contributed by atoms with Crippen molar-refractivity contribution < 1.29 is 4.74 Å². The average Bonchev–Trinajstić information content (AvgIpc) is 2.65. The van der Waals surface area contributed by atoms with Crippen molar-refractivity contribution in [3.8, 4) is 5.75 Å². The molecule has 1 aliphatic rings. The highest BCUT2D eigenvalue weighted by Crippen LogP contribution is 2.25. The first kappa shape index (κ1) is 13.4. The Morgan fingerprint density at radius 3 is 3.00 bits per heavy atom. The van der Waals surface area contributed by atoms with Crippen LogP contribution in [0.15, 0.2) is 18.3 Å². The molecule has 0 aliphatic carbocycles. The molecule has 1 aromatic heterocycles. The van der Waals surface area contributed by atoms with Gasteiger partial charge in [-0.15, -0.1) is 11.6 Å². The summed E-state index contributed by atoms with van der Waals surface area (Å²) in [5.41, 5.74) is 0. The van der Waals surface area contributed by atoms with Crippen LogP contribution in [0.2, 0.25) is 0 Å². The molecule has 100 valence electrons. The number of rotatable bonds is 4. The first-order valence-corrected chi connectivity index (χ1v) is 6.91. The molecule has 1 aliphatic heterocycles. The van der Waals surface area contributed by atoms with Crippen LogP contribution in [0.4, 0.5) is 5.82 Å². The van der Waals surface area contributed by atoms with E-state index in [2.05, 4.69) is 14.8 Å². The summed E-state index contributed by atoms with van der Waals surface area (Å²) >= 11 is 5.80. The minimum atomic E-state index is 0.701. The number of alkyl halides is 1. The standard InChI is InChI=1S/C13H20ClN3O/c1-18-12-4-2-6-15-13(12)17-8-3-7-16(9-5-14)10-11-17/h2,4,6H,3,5,7-11H2,1H3. The number of hydrogen-bond donors (Lipinski definition) is 0. The number of ether oxygens (including phenoxy) is 1. The molecule has 0 radical (unpaired) electrons. The summed E-state index contributed by atoms with van der Waals surface area (Å²) in [5.74, 6) is 2.50. The van der Waals surface area contributed by atoms with Crippen LogP contribution in [0.25, 0.3) is 0 Å². The zero-order valence-corrected chi connectivity index (χ0v) is 11.6. The van der Waals surface area contributed by atoms with Gasteiger partial charge in [-0.25, -0.2) is 4.98 Å². The molecule has 2 heterocycles. The second-order valence-electron chi connectivity index (χ2n) is 4.40. The summed E-state index contributed by atoms with van der Waals surface area (Å²) in [5, 5.41) is 0. The quantitative estimate of drug-likeness (QED) is 0.780. The predicted octanol–water partition coefficient (Wildman–Crippen LogP) is 1.84. The molecule has 0 amide bonds. The van der Waals surface area contributed by atoms with Gasteiger partial charge in [-0.3, -0.25) is 0 Å². The van der Waals surface area contributed by atoms with Crippen LogP contribution in [0, 0.1) is 0 Å². The molecule has 4 nitrogen and oxygen atoms in total. The van der Waals surface area contributed by atoms with Crippen LogP contribution >= 0.6 is 11.6 Å². The van der Waals surface area contributed by atoms with Gasteiger partial charge in [0, 0.05) is 38.3 Å². The van der Waals surface area contributed by atoms with Gasteiger partial charge in [0.15, 0.2) is 11.6 Å². The SMILES string of the molecule is COc1cccnc1N1CCCN(CCCl)CC1. The van der Waals surface area contributed by atoms with E-state index >= 15 is 0 Å². The van der Waals surface area contributed by atoms with Gasteiger partial charge in [-0.2, -0.15) is 0 Å². The number of pyridine rings is 1. The van der Waals surface area contributed by atoms with Gasteiger partial charge in [0.25, 0.3) is 0 Å². The third kappa shape index (κ3) is 3.27. The van der Waals surface area contributed by atoms with E-state index in [0.717, 1.165) is 50.7 Å². The smallest absolute Gasteiger partial charge is 0.171 e. The lowest BCUT2D eigenvalue weighted by molar-refractivity contribution is 0.311. The summed E-state index contributed by atoms with van der Waals surface area (Å²) < 4.78 is 5.37. The van der Waals surface area contributed by atoms with E-state index < -0.39 is 0 Å². The molecule has 0 aromatic carbocycles. The highest BCUT2D eigenvalue weighted by Gasteiger charge is 2.18. The number of hydrogen-bond acceptors (Lipinski definition) is 4. The number of anilines is 1. The van der Waals surface area contributed by atoms with Crippen molar-refractivity contribution in [3.05, 3.63) is 18.3 Å². The van der Waals surface area contributed by atoms with Crippen molar-refractivity contribution in [1.29, 1.82) is 0 Å². The lowest BCUT2D eigenvalue weighted by atomic mass is 10.3. The summed E-state index contributed by atoms with van der Waals surface area (Å²) in [7, 11) is 1.69. The molecular weight excluding hydrogens is 250 g/mol. The summed E-state index contributed by atoms with van der Waals surface area (Å²) in [6.45, 7) is 5.11. The normalized spacial score (nSPS) is 17.6. The fourth-order valence-corrected chi connectivity index (χ4v) is 2.54. The van der Waals surface area contributed by atoms with Crippen molar-refractivity contribution in [2.24, 2.45) is 0 Å². The molecule has 18 heavy (non-hydrogen) atoms. The molecule has 0 unspecified atom stereocenters. The Kier molecular flexibility index (Phi) is 5.08. The van der Waals surface area contributed by atoms with Gasteiger partial charge in [0.2, 0.25) is 0 Å². The van der Waals surface area contributed by atoms with E-state index in [1.165, 1.54) is 0 Å². The first-order chi connectivity index (χ1) is 8.85. The molecular formula is C13H20ClN3O. The van der Waals surface area contributed by atoms with E-state index in [1.807, 2.05) is 18.3 Å². The monoisotopic (exact) mass is 269 g/mol. The van der Waals surface area contributed by atoms with Crippen molar-refractivity contribution in [2.45, 2.75) is 6.42 Å². The zero-order valence-electron chi connectivity index (χ0n) is 10.8. The minimum absolute atomic E-state index is 0.701. The first-order valence-electron chi connectivity index (χ1n) is 6.37. The van der Waals surface area contributed by atoms with Gasteiger partial charge < -0.3 is 14.5 Å². The maximum atomic E-state index is 5.80. The van der Waals surface area contributed by atoms with Crippen LogP contribution < -0.4 is 9.64 Å². The van der Waals surface area contributed by atoms with Gasteiger partial charge in [-0.05, 0) is 25.1 Å². The third-order valence-corrected chi connectivity index (χ3v) is 3.43. The predicted molar refractivity (Wildman–Crippen MR) is 74.8 cm³/mol. The highest BCUT2D eigenvalue weighted by atomic mass is 35.5. The maximum absolute atomic E-state index is 5.80. The molecule has 0 spiro atoms. The van der Waals surface area contributed by atoms with Crippen LogP contribution in [0.3, 0.4) is 0 Å². The summed E-state index contributed by atoms with van der Waals surface area (Å²) in [6.07, 6.45) is 2.95. The molecule has 1 fully saturated rings. The topological polar surface area (TPSA) is 28.6 Å². The Morgan fingerprint density at radius 1 is 1.33 bits per heavy atom. The van der Waals surface area contributed by atoms with Crippen LogP contribution in [0.5, 0.6) is 5.75 Å². The van der Waals surface area contributed by atoms with Crippen LogP contribution in [-0.4, -0.2) is 55.6 Å². The average molecular weight is 270 g/mol. The third-order valence-electron chi connectivity index (χ3n) is 3.26. The van der Waals surface area contributed by atoms with E-state index in [1.54, 1.807) is 7.11 Å². The number of nitrogens with zero attached hydrogens (tertiary/aromatic N) is 3. The Hall–Kier alpha value is -1.00. The molecule has 5 heteroatoms. The van der Waals surface area contributed by atoms with Crippen molar-refractivity contribution in [2.75, 3.05) is 50.6 Å². The van der Waals surface area contributed by atoms with E-state index in [4.69, 9.17) is 16.3 Å². The zero-order chi connectivity index (χ0) is 12.8. The van der Waals surface area contributed by atoms with E-state index in [-0.39, 0.29) is 0 Å². The molecule has 0 N–H and O–H groups in total. The van der Waals surface area contributed by atoms with Crippen molar-refractivity contribution in [1.82, 2.24) is 9.88 Å². The van der Waals surface area contributed by atoms with E-state index in [9.17, 15) is 0 Å². The Bertz CT molecular complexity index is 375. The van der Waals surface area contributed by atoms with E-state index in [0.29, 0.717) is 5.88 Å². The second-order valence-corrected chi connectivity index (χ2v) is 4.78. The van der Waals surface area contributed by atoms with Gasteiger partial charge in [0.1, 0.15) is 0 Å². The molecule has 1 aromatic rings. The van der Waals surface area contributed by atoms with Gasteiger partial charge in [-0.1, -0.05) is 0 Å². The van der Waals surface area contributed by atoms with Crippen LogP contribution in [-0.2, 0) is 0 Å². The fraction of sp³-hybridized carbons (Fsp3) is 0.615. The summed E-state index contributed by atoms with van der Waals surface area (Å²) in [6, 6.07) is 3.86. The molecule has 2 rings (SSSR count). The number of methoxy groups -OCH3 is 1. The number of aromatic nitrogens is 1. The van der Waals surface area contributed by atoms with Crippen molar-refractivity contribution >= 4 is 17.4 Å². The largest absolute Gasteiger partial charge is 0.493 e. The lowest BCUT2D eigenvalue weighted by Crippen LogP contribution is -2.32. The Morgan fingerprint density at radius 2 is 2.22 bits per heavy atom. The lowest BCUT2D eigenvalue weighted by Gasteiger charge is -2.23.